The number of aliphatic hydroxyl groups is 1. The lowest BCUT2D eigenvalue weighted by atomic mass is 10.0. The molecule has 30 heavy (non-hydrogen) atoms. The fourth-order valence-corrected chi connectivity index (χ4v) is 3.48. The molecule has 1 fully saturated rings. The van der Waals surface area contributed by atoms with E-state index < -0.39 is 11.5 Å². The number of carbonyl (C=O) groups excluding carboxylic acids is 2. The van der Waals surface area contributed by atoms with Gasteiger partial charge in [0, 0.05) is 29.8 Å². The highest BCUT2D eigenvalue weighted by molar-refractivity contribution is 5.98. The van der Waals surface area contributed by atoms with Crippen LogP contribution in [0.3, 0.4) is 0 Å². The number of aromatic nitrogens is 3. The van der Waals surface area contributed by atoms with Crippen LogP contribution in [0.15, 0.2) is 42.9 Å². The maximum absolute atomic E-state index is 13.1. The normalized spacial score (nSPS) is 19.5. The number of carbonyl (C=O) groups is 2. The Hall–Kier alpha value is -3.30. The second kappa shape index (κ2) is 8.21. The topological polar surface area (TPSA) is 120 Å². The predicted octanol–water partition coefficient (Wildman–Crippen LogP) is 0.900. The van der Waals surface area contributed by atoms with E-state index in [0.717, 1.165) is 16.5 Å². The van der Waals surface area contributed by atoms with Crippen LogP contribution in [0.25, 0.3) is 10.9 Å². The van der Waals surface area contributed by atoms with E-state index in [1.807, 2.05) is 25.1 Å². The number of benzene rings is 1. The van der Waals surface area contributed by atoms with Crippen molar-refractivity contribution in [1.82, 2.24) is 25.2 Å². The van der Waals surface area contributed by atoms with Crippen molar-refractivity contribution in [2.24, 2.45) is 0 Å². The maximum atomic E-state index is 13.1. The second-order valence-corrected chi connectivity index (χ2v) is 7.55. The number of hydrogen-bond acceptors (Lipinski definition) is 6. The molecule has 0 bridgehead atoms. The summed E-state index contributed by atoms with van der Waals surface area (Å²) in [4.78, 5) is 37.8. The lowest BCUT2D eigenvalue weighted by molar-refractivity contribution is -0.0324. The van der Waals surface area contributed by atoms with Crippen LogP contribution in [-0.4, -0.2) is 75.2 Å². The zero-order chi connectivity index (χ0) is 21.1. The van der Waals surface area contributed by atoms with Crippen molar-refractivity contribution in [2.45, 2.75) is 12.5 Å². The summed E-state index contributed by atoms with van der Waals surface area (Å²) in [5, 5.41) is 14.6. The zero-order valence-electron chi connectivity index (χ0n) is 16.6. The molecule has 0 saturated carbocycles. The number of ether oxygens (including phenoxy) is 1. The van der Waals surface area contributed by atoms with Crippen LogP contribution in [-0.2, 0) is 4.74 Å². The summed E-state index contributed by atoms with van der Waals surface area (Å²) in [6.45, 7) is 2.57. The SMILES string of the molecule is Cc1ccc2cc(C(=O)N3CCOCC(O)(CNC(=O)c4cnccn4)C3)[nH]c2c1. The van der Waals surface area contributed by atoms with Gasteiger partial charge in [-0.3, -0.25) is 14.6 Å². The van der Waals surface area contributed by atoms with Crippen molar-refractivity contribution in [3.8, 4) is 0 Å². The average Bonchev–Trinajstić information content (AvgIpc) is 3.07. The Morgan fingerprint density at radius 1 is 1.33 bits per heavy atom. The Balaban J connectivity index is 1.47. The highest BCUT2D eigenvalue weighted by atomic mass is 16.5. The van der Waals surface area contributed by atoms with Crippen molar-refractivity contribution in [1.29, 1.82) is 0 Å². The second-order valence-electron chi connectivity index (χ2n) is 7.55. The van der Waals surface area contributed by atoms with Gasteiger partial charge in [-0.25, -0.2) is 4.98 Å². The first-order valence-electron chi connectivity index (χ1n) is 9.67. The Labute approximate surface area is 173 Å². The molecule has 156 valence electrons. The highest BCUT2D eigenvalue weighted by Gasteiger charge is 2.35. The number of rotatable bonds is 4. The van der Waals surface area contributed by atoms with Crippen molar-refractivity contribution in [2.75, 3.05) is 32.8 Å². The molecule has 1 atom stereocenters. The Morgan fingerprint density at radius 3 is 3.00 bits per heavy atom. The molecule has 3 aromatic rings. The third-order valence-electron chi connectivity index (χ3n) is 5.03. The summed E-state index contributed by atoms with van der Waals surface area (Å²) in [6.07, 6.45) is 4.23. The number of nitrogens with one attached hydrogen (secondary N) is 2. The van der Waals surface area contributed by atoms with Gasteiger partial charge in [0.25, 0.3) is 11.8 Å². The number of aromatic amines is 1. The quantitative estimate of drug-likeness (QED) is 0.589. The monoisotopic (exact) mass is 409 g/mol. The van der Waals surface area contributed by atoms with E-state index in [1.54, 1.807) is 11.0 Å². The van der Waals surface area contributed by atoms with Crippen LogP contribution in [0.1, 0.15) is 26.5 Å². The van der Waals surface area contributed by atoms with Gasteiger partial charge in [-0.2, -0.15) is 0 Å². The molecule has 1 aliphatic rings. The minimum absolute atomic E-state index is 0.00340. The van der Waals surface area contributed by atoms with E-state index >= 15 is 0 Å². The number of fused-ring (bicyclic) bond motifs is 1. The molecule has 0 spiro atoms. The third kappa shape index (κ3) is 4.32. The van der Waals surface area contributed by atoms with E-state index in [0.29, 0.717) is 18.8 Å². The van der Waals surface area contributed by atoms with Gasteiger partial charge in [-0.05, 0) is 24.6 Å². The van der Waals surface area contributed by atoms with E-state index in [4.69, 9.17) is 4.74 Å². The van der Waals surface area contributed by atoms with Crippen LogP contribution in [0, 0.1) is 6.92 Å². The number of hydrogen-bond donors (Lipinski definition) is 3. The molecular weight excluding hydrogens is 386 g/mol. The molecule has 1 aliphatic heterocycles. The minimum atomic E-state index is -1.42. The van der Waals surface area contributed by atoms with Crippen LogP contribution < -0.4 is 5.32 Å². The Kier molecular flexibility index (Phi) is 5.47. The largest absolute Gasteiger partial charge is 0.384 e. The van der Waals surface area contributed by atoms with E-state index in [2.05, 4.69) is 20.3 Å². The molecular formula is C21H23N5O4. The number of nitrogens with zero attached hydrogens (tertiary/aromatic N) is 3. The van der Waals surface area contributed by atoms with Crippen LogP contribution >= 0.6 is 0 Å². The van der Waals surface area contributed by atoms with Crippen LogP contribution in [0.5, 0.6) is 0 Å². The van der Waals surface area contributed by atoms with Gasteiger partial charge in [0.2, 0.25) is 0 Å². The highest BCUT2D eigenvalue weighted by Crippen LogP contribution is 2.20. The molecule has 2 aromatic heterocycles. The zero-order valence-corrected chi connectivity index (χ0v) is 16.6. The average molecular weight is 409 g/mol. The summed E-state index contributed by atoms with van der Waals surface area (Å²) in [6, 6.07) is 7.73. The third-order valence-corrected chi connectivity index (χ3v) is 5.03. The molecule has 3 N–H and O–H groups in total. The minimum Gasteiger partial charge on any atom is -0.384 e. The fraction of sp³-hybridized carbons (Fsp3) is 0.333. The molecule has 1 unspecified atom stereocenters. The smallest absolute Gasteiger partial charge is 0.271 e. The van der Waals surface area contributed by atoms with Gasteiger partial charge in [0.1, 0.15) is 17.0 Å². The van der Waals surface area contributed by atoms with Crippen molar-refractivity contribution < 1.29 is 19.4 Å². The van der Waals surface area contributed by atoms with Crippen LogP contribution in [0.4, 0.5) is 0 Å². The Morgan fingerprint density at radius 2 is 2.20 bits per heavy atom. The first-order chi connectivity index (χ1) is 14.4. The van der Waals surface area contributed by atoms with E-state index in [1.165, 1.54) is 18.6 Å². The first kappa shape index (κ1) is 20.0. The lowest BCUT2D eigenvalue weighted by Crippen LogP contribution is -2.53. The molecule has 9 nitrogen and oxygen atoms in total. The molecule has 0 aliphatic carbocycles. The fourth-order valence-electron chi connectivity index (χ4n) is 3.48. The van der Waals surface area contributed by atoms with Crippen molar-refractivity contribution in [3.05, 3.63) is 59.8 Å². The summed E-state index contributed by atoms with van der Waals surface area (Å²) < 4.78 is 5.51. The molecule has 0 radical (unpaired) electrons. The Bertz CT molecular complexity index is 1070. The molecule has 1 saturated heterocycles. The van der Waals surface area contributed by atoms with Gasteiger partial charge in [0.15, 0.2) is 0 Å². The summed E-state index contributed by atoms with van der Waals surface area (Å²) in [5.74, 6) is -0.683. The van der Waals surface area contributed by atoms with Gasteiger partial charge in [-0.1, -0.05) is 12.1 Å². The van der Waals surface area contributed by atoms with E-state index in [9.17, 15) is 14.7 Å². The number of amides is 2. The molecule has 1 aromatic carbocycles. The number of H-pyrrole nitrogens is 1. The van der Waals surface area contributed by atoms with Gasteiger partial charge >= 0.3 is 0 Å². The standard InChI is InChI=1S/C21H23N5O4/c1-14-2-3-15-9-17(25-16(15)8-14)20(28)26-6-7-30-13-21(29,12-26)11-24-19(27)18-10-22-4-5-23-18/h2-5,8-10,25,29H,6-7,11-13H2,1H3,(H,24,27). The molecule has 3 heterocycles. The first-order valence-corrected chi connectivity index (χ1v) is 9.67. The van der Waals surface area contributed by atoms with Gasteiger partial charge in [-0.15, -0.1) is 0 Å². The molecule has 9 heteroatoms. The van der Waals surface area contributed by atoms with E-state index in [-0.39, 0.29) is 31.3 Å². The van der Waals surface area contributed by atoms with Gasteiger partial charge in [0.05, 0.1) is 32.5 Å². The maximum Gasteiger partial charge on any atom is 0.271 e. The molecule has 4 rings (SSSR count). The van der Waals surface area contributed by atoms with Crippen molar-refractivity contribution >= 4 is 22.7 Å². The number of β-amino-alcohol motifs (C(OH)–C–C–N with tert-alkyl or cyclic N) is 1. The summed E-state index contributed by atoms with van der Waals surface area (Å²) >= 11 is 0. The lowest BCUT2D eigenvalue weighted by Gasteiger charge is -2.30. The van der Waals surface area contributed by atoms with Crippen LogP contribution in [0.2, 0.25) is 0 Å². The molecule has 2 amide bonds. The van der Waals surface area contributed by atoms with Crippen molar-refractivity contribution in [3.63, 3.8) is 0 Å². The van der Waals surface area contributed by atoms with Gasteiger partial charge < -0.3 is 25.0 Å². The number of aryl methyl sites for hydroxylation is 1. The summed E-state index contributed by atoms with van der Waals surface area (Å²) in [7, 11) is 0. The summed E-state index contributed by atoms with van der Waals surface area (Å²) in [5.41, 5.74) is 1.16. The predicted molar refractivity (Wildman–Crippen MR) is 109 cm³/mol.